The number of hydrogen-bond donors (Lipinski definition) is 1. The molecular formula is C19H17F6N3O3S. The first kappa shape index (κ1) is 22.6. The van der Waals surface area contributed by atoms with Gasteiger partial charge in [-0.25, -0.2) is 8.42 Å². The predicted octanol–water partition coefficient (Wildman–Crippen LogP) is 4.41. The highest BCUT2D eigenvalue weighted by atomic mass is 32.2. The number of nitrogens with one attached hydrogen (secondary N) is 1. The van der Waals surface area contributed by atoms with E-state index in [1.165, 1.54) is 10.7 Å². The monoisotopic (exact) mass is 481 g/mol. The van der Waals surface area contributed by atoms with Crippen LogP contribution in [0.2, 0.25) is 0 Å². The van der Waals surface area contributed by atoms with Crippen molar-refractivity contribution in [2.45, 2.75) is 43.6 Å². The lowest BCUT2D eigenvalue weighted by Gasteiger charge is -2.14. The molecule has 174 valence electrons. The SMILES string of the molecule is O=C(Nc1cc(C(F)(F)F)cc(C(F)(F)F)c1)c1cc(C2CC2)n(C2CCS(=O)(=O)C2)n1. The minimum Gasteiger partial charge on any atom is -0.321 e. The van der Waals surface area contributed by atoms with Gasteiger partial charge in [-0.2, -0.15) is 31.4 Å². The minimum atomic E-state index is -5.05. The molecule has 2 heterocycles. The zero-order valence-corrected chi connectivity index (χ0v) is 17.1. The zero-order chi connectivity index (χ0) is 23.5. The first-order valence-corrected chi connectivity index (χ1v) is 11.5. The fraction of sp³-hybridized carbons (Fsp3) is 0.474. The van der Waals surface area contributed by atoms with E-state index in [4.69, 9.17) is 0 Å². The lowest BCUT2D eigenvalue weighted by molar-refractivity contribution is -0.143. The van der Waals surface area contributed by atoms with Crippen LogP contribution < -0.4 is 5.32 Å². The van der Waals surface area contributed by atoms with Gasteiger partial charge in [-0.1, -0.05) is 0 Å². The Kier molecular flexibility index (Phi) is 5.30. The van der Waals surface area contributed by atoms with Crippen molar-refractivity contribution in [3.63, 3.8) is 0 Å². The Morgan fingerprint density at radius 2 is 1.56 bits per heavy atom. The molecule has 2 aromatic rings. The number of hydrogen-bond acceptors (Lipinski definition) is 4. The maximum Gasteiger partial charge on any atom is 0.416 e. The van der Waals surface area contributed by atoms with Crippen molar-refractivity contribution in [2.75, 3.05) is 16.8 Å². The van der Waals surface area contributed by atoms with Crippen molar-refractivity contribution in [3.05, 3.63) is 46.8 Å². The molecule has 1 aromatic carbocycles. The summed E-state index contributed by atoms with van der Waals surface area (Å²) in [6, 6.07) is 1.74. The summed E-state index contributed by atoms with van der Waals surface area (Å²) < 4.78 is 103. The maximum absolute atomic E-state index is 13.0. The highest BCUT2D eigenvalue weighted by Gasteiger charge is 2.38. The van der Waals surface area contributed by atoms with Crippen molar-refractivity contribution in [1.82, 2.24) is 9.78 Å². The fourth-order valence-electron chi connectivity index (χ4n) is 3.69. The Bertz CT molecular complexity index is 1130. The Morgan fingerprint density at radius 3 is 2.03 bits per heavy atom. The summed E-state index contributed by atoms with van der Waals surface area (Å²) in [4.78, 5) is 12.6. The molecule has 1 amide bonds. The van der Waals surface area contributed by atoms with Gasteiger partial charge >= 0.3 is 12.4 Å². The molecule has 6 nitrogen and oxygen atoms in total. The van der Waals surface area contributed by atoms with E-state index < -0.39 is 51.0 Å². The topological polar surface area (TPSA) is 81.1 Å². The van der Waals surface area contributed by atoms with E-state index in [0.717, 1.165) is 12.8 Å². The number of benzene rings is 1. The summed E-state index contributed by atoms with van der Waals surface area (Å²) in [7, 11) is -3.24. The summed E-state index contributed by atoms with van der Waals surface area (Å²) in [6.07, 6.45) is -8.15. The number of amides is 1. The summed E-state index contributed by atoms with van der Waals surface area (Å²) in [5, 5.41) is 6.21. The van der Waals surface area contributed by atoms with E-state index >= 15 is 0 Å². The number of halogens is 6. The fourth-order valence-corrected chi connectivity index (χ4v) is 5.38. The first-order valence-electron chi connectivity index (χ1n) is 9.64. The molecule has 4 rings (SSSR count). The zero-order valence-electron chi connectivity index (χ0n) is 16.3. The number of anilines is 1. The molecule has 13 heteroatoms. The molecule has 1 aliphatic heterocycles. The third-order valence-corrected chi connectivity index (χ3v) is 7.14. The van der Waals surface area contributed by atoms with Crippen LogP contribution in [0, 0.1) is 0 Å². The molecule has 1 N–H and O–H groups in total. The molecule has 1 atom stereocenters. The number of nitrogens with zero attached hydrogens (tertiary/aromatic N) is 2. The van der Waals surface area contributed by atoms with Crippen LogP contribution in [0.4, 0.5) is 32.0 Å². The summed E-state index contributed by atoms with van der Waals surface area (Å²) in [6.45, 7) is 0. The van der Waals surface area contributed by atoms with E-state index in [2.05, 4.69) is 10.4 Å². The molecule has 1 saturated heterocycles. The molecule has 32 heavy (non-hydrogen) atoms. The molecule has 2 aliphatic rings. The van der Waals surface area contributed by atoms with Gasteiger partial charge in [0, 0.05) is 17.3 Å². The van der Waals surface area contributed by atoms with Crippen molar-refractivity contribution >= 4 is 21.4 Å². The van der Waals surface area contributed by atoms with Gasteiger partial charge in [0.25, 0.3) is 5.91 Å². The Hall–Kier alpha value is -2.57. The van der Waals surface area contributed by atoms with E-state index in [1.54, 1.807) is 0 Å². The van der Waals surface area contributed by atoms with Crippen LogP contribution in [0.1, 0.15) is 58.5 Å². The van der Waals surface area contributed by atoms with E-state index in [1.807, 2.05) is 0 Å². The van der Waals surface area contributed by atoms with Crippen LogP contribution in [0.15, 0.2) is 24.3 Å². The smallest absolute Gasteiger partial charge is 0.321 e. The third kappa shape index (κ3) is 4.76. The number of alkyl halides is 6. The molecule has 0 radical (unpaired) electrons. The van der Waals surface area contributed by atoms with Crippen molar-refractivity contribution in [2.24, 2.45) is 0 Å². The predicted molar refractivity (Wildman–Crippen MR) is 101 cm³/mol. The van der Waals surface area contributed by atoms with Gasteiger partial charge in [0.05, 0.1) is 28.7 Å². The molecule has 1 aliphatic carbocycles. The van der Waals surface area contributed by atoms with E-state index in [9.17, 15) is 39.6 Å². The Morgan fingerprint density at radius 1 is 0.969 bits per heavy atom. The van der Waals surface area contributed by atoms with E-state index in [0.29, 0.717) is 24.2 Å². The van der Waals surface area contributed by atoms with Crippen LogP contribution >= 0.6 is 0 Å². The van der Waals surface area contributed by atoms with Crippen LogP contribution in [-0.2, 0) is 22.2 Å². The van der Waals surface area contributed by atoms with Gasteiger partial charge in [0.15, 0.2) is 15.5 Å². The van der Waals surface area contributed by atoms with Gasteiger partial charge in [-0.05, 0) is 43.5 Å². The second-order valence-electron chi connectivity index (χ2n) is 7.98. The molecular weight excluding hydrogens is 464 g/mol. The highest BCUT2D eigenvalue weighted by molar-refractivity contribution is 7.91. The lowest BCUT2D eigenvalue weighted by atomic mass is 10.1. The van der Waals surface area contributed by atoms with Gasteiger partial charge in [0.2, 0.25) is 0 Å². The average Bonchev–Trinajstić information content (AvgIpc) is 3.30. The van der Waals surface area contributed by atoms with Crippen LogP contribution in [-0.4, -0.2) is 35.6 Å². The van der Waals surface area contributed by atoms with Gasteiger partial charge < -0.3 is 5.32 Å². The number of rotatable bonds is 4. The first-order chi connectivity index (χ1) is 14.7. The molecule has 1 aromatic heterocycles. The lowest BCUT2D eigenvalue weighted by Crippen LogP contribution is -2.18. The summed E-state index contributed by atoms with van der Waals surface area (Å²) in [5.41, 5.74) is -3.35. The van der Waals surface area contributed by atoms with Crippen LogP contribution in [0.3, 0.4) is 0 Å². The molecule has 1 saturated carbocycles. The minimum absolute atomic E-state index is 0.0202. The molecule has 1 unspecified atom stereocenters. The maximum atomic E-state index is 13.0. The van der Waals surface area contributed by atoms with Crippen molar-refractivity contribution in [3.8, 4) is 0 Å². The second kappa shape index (κ2) is 7.49. The van der Waals surface area contributed by atoms with Crippen molar-refractivity contribution in [1.29, 1.82) is 0 Å². The summed E-state index contributed by atoms with van der Waals surface area (Å²) >= 11 is 0. The van der Waals surface area contributed by atoms with Crippen LogP contribution in [0.5, 0.6) is 0 Å². The number of carbonyl (C=O) groups excluding carboxylic acids is 1. The quantitative estimate of drug-likeness (QED) is 0.656. The Labute approximate surface area is 178 Å². The highest BCUT2D eigenvalue weighted by Crippen LogP contribution is 2.42. The number of carbonyl (C=O) groups is 1. The van der Waals surface area contributed by atoms with Gasteiger partial charge in [0.1, 0.15) is 0 Å². The normalized spacial score (nSPS) is 21.0. The summed E-state index contributed by atoms with van der Waals surface area (Å²) in [5.74, 6) is -1.07. The largest absolute Gasteiger partial charge is 0.416 e. The number of aromatic nitrogens is 2. The number of sulfone groups is 1. The van der Waals surface area contributed by atoms with Gasteiger partial charge in [-0.15, -0.1) is 0 Å². The van der Waals surface area contributed by atoms with Crippen LogP contribution in [0.25, 0.3) is 0 Å². The molecule has 0 bridgehead atoms. The second-order valence-corrected chi connectivity index (χ2v) is 10.2. The molecule has 2 fully saturated rings. The third-order valence-electron chi connectivity index (χ3n) is 5.39. The Balaban J connectivity index is 1.64. The van der Waals surface area contributed by atoms with Crippen molar-refractivity contribution < 1.29 is 39.6 Å². The standard InChI is InChI=1S/C19H17F6N3O3S/c20-18(21,22)11-5-12(19(23,24)25)7-13(6-11)26-17(29)15-8-16(10-1-2-10)28(27-15)14-3-4-32(30,31)9-14/h5-8,10,14H,1-4,9H2,(H,26,29). The van der Waals surface area contributed by atoms with E-state index in [-0.39, 0.29) is 29.2 Å². The van der Waals surface area contributed by atoms with Gasteiger partial charge in [-0.3, -0.25) is 9.48 Å². The molecule has 0 spiro atoms. The average molecular weight is 481 g/mol.